The number of carbonyl (C=O) groups is 1. The van der Waals surface area contributed by atoms with Gasteiger partial charge < -0.3 is 10.2 Å². The van der Waals surface area contributed by atoms with Crippen molar-refractivity contribution in [2.24, 2.45) is 4.40 Å². The number of nitrogens with one attached hydrogen (secondary N) is 1. The average Bonchev–Trinajstić information content (AvgIpc) is 2.92. The summed E-state index contributed by atoms with van der Waals surface area (Å²) in [5.41, 5.74) is 0.911. The molecule has 134 valence electrons. The molecule has 0 aromatic heterocycles. The van der Waals surface area contributed by atoms with Crippen LogP contribution in [0.1, 0.15) is 10.4 Å². The lowest BCUT2D eigenvalue weighted by Crippen LogP contribution is -2.35. The molecule has 2 aromatic carbocycles. The molecule has 1 amide bonds. The van der Waals surface area contributed by atoms with Gasteiger partial charge in [0.05, 0.1) is 17.1 Å². The van der Waals surface area contributed by atoms with Gasteiger partial charge in [-0.05, 0) is 42.1 Å². The zero-order valence-electron chi connectivity index (χ0n) is 13.1. The third-order valence-electron chi connectivity index (χ3n) is 3.91. The van der Waals surface area contributed by atoms with Gasteiger partial charge in [0.25, 0.3) is 15.9 Å². The van der Waals surface area contributed by atoms with Crippen LogP contribution in [-0.4, -0.2) is 31.8 Å². The molecule has 2 aliphatic rings. The van der Waals surface area contributed by atoms with Gasteiger partial charge in [0.2, 0.25) is 0 Å². The van der Waals surface area contributed by atoms with Gasteiger partial charge in [-0.3, -0.25) is 4.79 Å². The van der Waals surface area contributed by atoms with Gasteiger partial charge in [-0.15, -0.1) is 4.40 Å². The molecule has 0 bridgehead atoms. The largest absolute Gasteiger partial charge is 0.319 e. The predicted octanol–water partition coefficient (Wildman–Crippen LogP) is 2.83. The van der Waals surface area contributed by atoms with E-state index in [1.807, 2.05) is 0 Å². The van der Waals surface area contributed by atoms with Crippen LogP contribution < -0.4 is 10.2 Å². The predicted molar refractivity (Wildman–Crippen MR) is 95.2 cm³/mol. The fraction of sp³-hybridized carbons (Fsp3) is 0.125. The SMILES string of the molecule is O=C(Nc1ccc(F)cc1F)c1ccc2c(c1)SC1=NS(=O)(=O)CCN12. The molecule has 2 aliphatic heterocycles. The Hall–Kier alpha value is -2.46. The Morgan fingerprint density at radius 2 is 2.00 bits per heavy atom. The summed E-state index contributed by atoms with van der Waals surface area (Å²) in [6.45, 7) is 0.299. The summed E-state index contributed by atoms with van der Waals surface area (Å²) in [4.78, 5) is 14.8. The highest BCUT2D eigenvalue weighted by Crippen LogP contribution is 2.42. The van der Waals surface area contributed by atoms with E-state index in [0.29, 0.717) is 22.7 Å². The molecule has 0 aliphatic carbocycles. The molecule has 0 spiro atoms. The van der Waals surface area contributed by atoms with E-state index in [2.05, 4.69) is 9.71 Å². The molecule has 0 radical (unpaired) electrons. The number of benzene rings is 2. The van der Waals surface area contributed by atoms with Crippen molar-refractivity contribution in [3.8, 4) is 0 Å². The van der Waals surface area contributed by atoms with Gasteiger partial charge in [0.15, 0.2) is 5.17 Å². The Morgan fingerprint density at radius 3 is 2.77 bits per heavy atom. The monoisotopic (exact) mass is 395 g/mol. The van der Waals surface area contributed by atoms with Crippen LogP contribution in [0.3, 0.4) is 0 Å². The van der Waals surface area contributed by atoms with Gasteiger partial charge in [0, 0.05) is 23.1 Å². The Balaban J connectivity index is 1.60. The topological polar surface area (TPSA) is 78.8 Å². The summed E-state index contributed by atoms with van der Waals surface area (Å²) in [7, 11) is -3.46. The Bertz CT molecular complexity index is 1070. The first-order valence-electron chi connectivity index (χ1n) is 7.51. The molecule has 0 fully saturated rings. The molecule has 10 heteroatoms. The molecule has 6 nitrogen and oxygen atoms in total. The van der Waals surface area contributed by atoms with Gasteiger partial charge in [-0.2, -0.15) is 0 Å². The van der Waals surface area contributed by atoms with E-state index < -0.39 is 27.6 Å². The molecular weight excluding hydrogens is 384 g/mol. The molecule has 4 rings (SSSR count). The molecule has 26 heavy (non-hydrogen) atoms. The second-order valence-corrected chi connectivity index (χ2v) is 8.44. The summed E-state index contributed by atoms with van der Waals surface area (Å²) in [6.07, 6.45) is 0. The van der Waals surface area contributed by atoms with Crippen LogP contribution in [0.15, 0.2) is 45.7 Å². The summed E-state index contributed by atoms with van der Waals surface area (Å²) >= 11 is 1.16. The van der Waals surface area contributed by atoms with E-state index in [4.69, 9.17) is 0 Å². The second kappa shape index (κ2) is 6.06. The van der Waals surface area contributed by atoms with Crippen LogP contribution in [0.2, 0.25) is 0 Å². The molecule has 0 saturated carbocycles. The van der Waals surface area contributed by atoms with Crippen LogP contribution in [-0.2, 0) is 10.0 Å². The molecule has 1 N–H and O–H groups in total. The summed E-state index contributed by atoms with van der Waals surface area (Å²) in [5.74, 6) is -2.23. The van der Waals surface area contributed by atoms with Crippen molar-refractivity contribution in [1.29, 1.82) is 0 Å². The minimum absolute atomic E-state index is 0.0669. The maximum Gasteiger partial charge on any atom is 0.257 e. The summed E-state index contributed by atoms with van der Waals surface area (Å²) < 4.78 is 53.6. The van der Waals surface area contributed by atoms with E-state index in [-0.39, 0.29) is 17.0 Å². The number of hydrogen-bond acceptors (Lipinski definition) is 5. The normalized spacial score (nSPS) is 17.3. The maximum atomic E-state index is 13.7. The number of nitrogens with zero attached hydrogens (tertiary/aromatic N) is 2. The lowest BCUT2D eigenvalue weighted by atomic mass is 10.1. The molecule has 2 heterocycles. The molecular formula is C16H11F2N3O3S2. The van der Waals surface area contributed by atoms with Crippen molar-refractivity contribution < 1.29 is 22.0 Å². The molecule has 0 atom stereocenters. The number of thioether (sulfide) groups is 1. The Labute approximate surface area is 152 Å². The first-order valence-corrected chi connectivity index (χ1v) is 9.93. The zero-order chi connectivity index (χ0) is 18.5. The number of halogens is 2. The van der Waals surface area contributed by atoms with Crippen LogP contribution in [0, 0.1) is 11.6 Å². The first kappa shape index (κ1) is 17.0. The smallest absolute Gasteiger partial charge is 0.257 e. The maximum absolute atomic E-state index is 13.7. The number of carbonyl (C=O) groups excluding carboxylic acids is 1. The van der Waals surface area contributed by atoms with E-state index in [1.165, 1.54) is 0 Å². The van der Waals surface area contributed by atoms with E-state index >= 15 is 0 Å². The first-order chi connectivity index (χ1) is 12.3. The quantitative estimate of drug-likeness (QED) is 0.846. The summed E-state index contributed by atoms with van der Waals surface area (Å²) in [5, 5.41) is 2.75. The van der Waals surface area contributed by atoms with Crippen molar-refractivity contribution in [1.82, 2.24) is 0 Å². The molecule has 0 unspecified atom stereocenters. The van der Waals surface area contributed by atoms with Crippen LogP contribution in [0.25, 0.3) is 0 Å². The highest BCUT2D eigenvalue weighted by atomic mass is 32.2. The lowest BCUT2D eigenvalue weighted by molar-refractivity contribution is 0.102. The Morgan fingerprint density at radius 1 is 1.19 bits per heavy atom. The van der Waals surface area contributed by atoms with E-state index in [1.54, 1.807) is 23.1 Å². The molecule has 0 saturated heterocycles. The number of fused-ring (bicyclic) bond motifs is 3. The number of hydrogen-bond donors (Lipinski definition) is 1. The minimum Gasteiger partial charge on any atom is -0.319 e. The van der Waals surface area contributed by atoms with Crippen LogP contribution in [0.4, 0.5) is 20.2 Å². The van der Waals surface area contributed by atoms with Crippen molar-refractivity contribution in [2.75, 3.05) is 22.5 Å². The van der Waals surface area contributed by atoms with Gasteiger partial charge in [-0.1, -0.05) is 0 Å². The fourth-order valence-corrected chi connectivity index (χ4v) is 4.95. The number of amides is 1. The van der Waals surface area contributed by atoms with Crippen LogP contribution in [0.5, 0.6) is 0 Å². The fourth-order valence-electron chi connectivity index (χ4n) is 2.66. The van der Waals surface area contributed by atoms with Crippen molar-refractivity contribution in [2.45, 2.75) is 4.90 Å². The Kier molecular flexibility index (Phi) is 3.96. The summed E-state index contributed by atoms with van der Waals surface area (Å²) in [6, 6.07) is 7.72. The average molecular weight is 395 g/mol. The highest BCUT2D eigenvalue weighted by Gasteiger charge is 2.33. The molecule has 2 aromatic rings. The minimum atomic E-state index is -3.46. The third-order valence-corrected chi connectivity index (χ3v) is 6.22. The standard InChI is InChI=1S/C16H11F2N3O3S2/c17-10-2-3-12(11(18)8-10)19-15(22)9-1-4-13-14(7-9)25-16-20-26(23,24)6-5-21(13)16/h1-4,7-8H,5-6H2,(H,19,22). The van der Waals surface area contributed by atoms with Gasteiger partial charge in [0.1, 0.15) is 11.6 Å². The van der Waals surface area contributed by atoms with Crippen molar-refractivity contribution >= 4 is 44.2 Å². The van der Waals surface area contributed by atoms with Crippen LogP contribution >= 0.6 is 11.8 Å². The number of rotatable bonds is 2. The lowest BCUT2D eigenvalue weighted by Gasteiger charge is -2.22. The van der Waals surface area contributed by atoms with E-state index in [9.17, 15) is 22.0 Å². The van der Waals surface area contributed by atoms with Crippen molar-refractivity contribution in [3.05, 3.63) is 53.6 Å². The third kappa shape index (κ3) is 3.06. The van der Waals surface area contributed by atoms with Gasteiger partial charge >= 0.3 is 0 Å². The number of amidine groups is 1. The van der Waals surface area contributed by atoms with Gasteiger partial charge in [-0.25, -0.2) is 17.2 Å². The zero-order valence-corrected chi connectivity index (χ0v) is 14.7. The van der Waals surface area contributed by atoms with Crippen molar-refractivity contribution in [3.63, 3.8) is 0 Å². The number of sulfonamides is 1. The highest BCUT2D eigenvalue weighted by molar-refractivity contribution is 8.15. The second-order valence-electron chi connectivity index (χ2n) is 5.67. The van der Waals surface area contributed by atoms with E-state index in [0.717, 1.165) is 29.6 Å². The number of anilines is 2.